The fraction of sp³-hybridized carbons (Fsp3) is 0.320. The summed E-state index contributed by atoms with van der Waals surface area (Å²) in [5, 5.41) is 4.69. The maximum Gasteiger partial charge on any atom is 0.274 e. The van der Waals surface area contributed by atoms with Crippen molar-refractivity contribution in [2.75, 3.05) is 18.6 Å². The Bertz CT molecular complexity index is 1480. The molecule has 0 spiro atoms. The number of anilines is 1. The first-order valence-electron chi connectivity index (χ1n) is 11.1. The number of hydrogen-bond acceptors (Lipinski definition) is 7. The van der Waals surface area contributed by atoms with Gasteiger partial charge in [0.05, 0.1) is 12.3 Å². The number of aryl methyl sites for hydroxylation is 2. The first-order valence-corrected chi connectivity index (χ1v) is 11.1. The number of halogens is 1. The van der Waals surface area contributed by atoms with Crippen molar-refractivity contribution in [1.29, 1.82) is 0 Å². The Morgan fingerprint density at radius 2 is 1.91 bits per heavy atom. The van der Waals surface area contributed by atoms with Crippen molar-refractivity contribution in [3.05, 3.63) is 80.5 Å². The SMILES string of the molecule is COCc1cc(=O)n2nc(N3CCc4ncc(-c5cnc(F)cc5C)cc4C3)c(C)c(C)c2n1. The molecule has 8 nitrogen and oxygen atoms in total. The van der Waals surface area contributed by atoms with Gasteiger partial charge in [-0.15, -0.1) is 5.10 Å². The fourth-order valence-corrected chi connectivity index (χ4v) is 4.47. The van der Waals surface area contributed by atoms with Crippen molar-refractivity contribution < 1.29 is 9.13 Å². The first kappa shape index (κ1) is 22.1. The Balaban J connectivity index is 1.54. The molecule has 0 amide bonds. The van der Waals surface area contributed by atoms with E-state index in [2.05, 4.69) is 25.9 Å². The topological polar surface area (TPSA) is 85.5 Å². The molecule has 1 aliphatic heterocycles. The van der Waals surface area contributed by atoms with Crippen molar-refractivity contribution in [2.45, 2.75) is 40.3 Å². The van der Waals surface area contributed by atoms with Gasteiger partial charge in [0.15, 0.2) is 11.5 Å². The minimum absolute atomic E-state index is 0.234. The molecule has 0 aliphatic carbocycles. The normalized spacial score (nSPS) is 13.4. The lowest BCUT2D eigenvalue weighted by Gasteiger charge is -2.31. The first-order chi connectivity index (χ1) is 16.4. The zero-order valence-corrected chi connectivity index (χ0v) is 19.6. The molecule has 0 unspecified atom stereocenters. The third kappa shape index (κ3) is 3.81. The minimum atomic E-state index is -0.495. The minimum Gasteiger partial charge on any atom is -0.378 e. The number of fused-ring (bicyclic) bond motifs is 2. The van der Waals surface area contributed by atoms with E-state index in [9.17, 15) is 9.18 Å². The van der Waals surface area contributed by atoms with Crippen LogP contribution in [0.15, 0.2) is 35.4 Å². The molecular weight excluding hydrogens is 435 g/mol. The highest BCUT2D eigenvalue weighted by Gasteiger charge is 2.23. The van der Waals surface area contributed by atoms with Crippen LogP contribution in [0.3, 0.4) is 0 Å². The number of nitrogens with zero attached hydrogens (tertiary/aromatic N) is 6. The summed E-state index contributed by atoms with van der Waals surface area (Å²) >= 11 is 0. The molecule has 5 heterocycles. The number of ether oxygens (including phenoxy) is 1. The van der Waals surface area contributed by atoms with E-state index in [4.69, 9.17) is 9.84 Å². The highest BCUT2D eigenvalue weighted by atomic mass is 19.1. The van der Waals surface area contributed by atoms with Crippen molar-refractivity contribution in [1.82, 2.24) is 24.6 Å². The van der Waals surface area contributed by atoms with E-state index in [1.807, 2.05) is 27.0 Å². The number of pyridine rings is 2. The number of rotatable bonds is 4. The van der Waals surface area contributed by atoms with Gasteiger partial charge < -0.3 is 9.64 Å². The van der Waals surface area contributed by atoms with Crippen LogP contribution in [0.4, 0.5) is 10.2 Å². The molecule has 5 rings (SSSR count). The summed E-state index contributed by atoms with van der Waals surface area (Å²) in [6.07, 6.45) is 4.13. The quantitative estimate of drug-likeness (QED) is 0.432. The molecule has 0 saturated heterocycles. The van der Waals surface area contributed by atoms with Crippen LogP contribution >= 0.6 is 0 Å². The second kappa shape index (κ2) is 8.57. The highest BCUT2D eigenvalue weighted by Crippen LogP contribution is 2.30. The zero-order valence-electron chi connectivity index (χ0n) is 19.6. The predicted octanol–water partition coefficient (Wildman–Crippen LogP) is 3.32. The Labute approximate surface area is 196 Å². The Kier molecular flexibility index (Phi) is 5.57. The third-order valence-electron chi connectivity index (χ3n) is 6.40. The maximum absolute atomic E-state index is 13.5. The van der Waals surface area contributed by atoms with Gasteiger partial charge in [0.25, 0.3) is 5.56 Å². The van der Waals surface area contributed by atoms with Crippen LogP contribution in [-0.2, 0) is 24.3 Å². The predicted molar refractivity (Wildman–Crippen MR) is 126 cm³/mol. The molecule has 0 saturated carbocycles. The van der Waals surface area contributed by atoms with Crippen molar-refractivity contribution in [2.24, 2.45) is 0 Å². The van der Waals surface area contributed by atoms with Gasteiger partial charge in [0.1, 0.15) is 0 Å². The van der Waals surface area contributed by atoms with Gasteiger partial charge in [-0.1, -0.05) is 0 Å². The van der Waals surface area contributed by atoms with Gasteiger partial charge in [-0.05, 0) is 44.0 Å². The van der Waals surface area contributed by atoms with Crippen molar-refractivity contribution in [3.8, 4) is 11.1 Å². The van der Waals surface area contributed by atoms with E-state index in [1.54, 1.807) is 13.3 Å². The molecule has 9 heteroatoms. The summed E-state index contributed by atoms with van der Waals surface area (Å²) in [6.45, 7) is 7.44. The summed E-state index contributed by atoms with van der Waals surface area (Å²) in [7, 11) is 1.57. The molecule has 1 aliphatic rings. The van der Waals surface area contributed by atoms with E-state index in [0.29, 0.717) is 17.9 Å². The van der Waals surface area contributed by atoms with Crippen molar-refractivity contribution in [3.63, 3.8) is 0 Å². The lowest BCUT2D eigenvalue weighted by atomic mass is 9.98. The van der Waals surface area contributed by atoms with E-state index in [-0.39, 0.29) is 12.2 Å². The van der Waals surface area contributed by atoms with Crippen LogP contribution in [0.1, 0.15) is 33.6 Å². The molecule has 0 fully saturated rings. The maximum atomic E-state index is 13.5. The van der Waals surface area contributed by atoms with Gasteiger partial charge in [-0.3, -0.25) is 9.78 Å². The average Bonchev–Trinajstić information content (AvgIpc) is 2.81. The van der Waals surface area contributed by atoms with Gasteiger partial charge in [0.2, 0.25) is 5.95 Å². The molecule has 0 atom stereocenters. The van der Waals surface area contributed by atoms with Crippen LogP contribution in [0, 0.1) is 26.7 Å². The summed E-state index contributed by atoms with van der Waals surface area (Å²) in [5.74, 6) is 0.259. The van der Waals surface area contributed by atoms with Gasteiger partial charge in [-0.2, -0.15) is 8.91 Å². The smallest absolute Gasteiger partial charge is 0.274 e. The van der Waals surface area contributed by atoms with E-state index in [1.165, 1.54) is 16.6 Å². The Morgan fingerprint density at radius 3 is 2.68 bits per heavy atom. The monoisotopic (exact) mass is 460 g/mol. The second-order valence-corrected chi connectivity index (χ2v) is 8.65. The number of hydrogen-bond donors (Lipinski definition) is 0. The molecule has 4 aromatic heterocycles. The Morgan fingerprint density at radius 1 is 1.09 bits per heavy atom. The van der Waals surface area contributed by atoms with Crippen LogP contribution in [0.5, 0.6) is 0 Å². The van der Waals surface area contributed by atoms with Crippen molar-refractivity contribution >= 4 is 11.5 Å². The van der Waals surface area contributed by atoms with Crippen LogP contribution in [0.2, 0.25) is 0 Å². The molecule has 4 aromatic rings. The number of aromatic nitrogens is 5. The lowest BCUT2D eigenvalue weighted by Crippen LogP contribution is -2.34. The molecule has 0 N–H and O–H groups in total. The summed E-state index contributed by atoms with van der Waals surface area (Å²) in [4.78, 5) is 28.0. The van der Waals surface area contributed by atoms with E-state index >= 15 is 0 Å². The standard InChI is InChI=1S/C25H25FN6O2/c1-14-7-22(26)28-11-20(14)17-8-18-12-31(6-5-21(18)27-10-17)25-16(3)15(2)24-29-19(13-34-4)9-23(33)32(24)30-25/h7-11H,5-6,12-13H2,1-4H3. The fourth-order valence-electron chi connectivity index (χ4n) is 4.47. The van der Waals surface area contributed by atoms with Crippen LogP contribution in [0.25, 0.3) is 16.8 Å². The largest absolute Gasteiger partial charge is 0.378 e. The molecule has 34 heavy (non-hydrogen) atoms. The zero-order chi connectivity index (χ0) is 24.0. The molecule has 0 bridgehead atoms. The highest BCUT2D eigenvalue weighted by molar-refractivity contribution is 5.67. The molecular formula is C25H25FN6O2. The van der Waals surface area contributed by atoms with Gasteiger partial charge in [-0.25, -0.2) is 9.97 Å². The lowest BCUT2D eigenvalue weighted by molar-refractivity contribution is 0.181. The summed E-state index contributed by atoms with van der Waals surface area (Å²) < 4.78 is 20.0. The molecule has 0 radical (unpaired) electrons. The molecule has 0 aromatic carbocycles. The summed E-state index contributed by atoms with van der Waals surface area (Å²) in [5.41, 5.74) is 7.45. The second-order valence-electron chi connectivity index (χ2n) is 8.65. The van der Waals surface area contributed by atoms with Gasteiger partial charge in [0, 0.05) is 73.0 Å². The molecule has 174 valence electrons. The Hall–Kier alpha value is -3.72. The van der Waals surface area contributed by atoms with E-state index < -0.39 is 5.95 Å². The van der Waals surface area contributed by atoms with Crippen LogP contribution in [-0.4, -0.2) is 38.2 Å². The van der Waals surface area contributed by atoms with E-state index in [0.717, 1.165) is 57.9 Å². The van der Waals surface area contributed by atoms with Gasteiger partial charge >= 0.3 is 0 Å². The summed E-state index contributed by atoms with van der Waals surface area (Å²) in [6, 6.07) is 4.98. The third-order valence-corrected chi connectivity index (χ3v) is 6.40. The van der Waals surface area contributed by atoms with Crippen LogP contribution < -0.4 is 10.5 Å². The number of methoxy groups -OCH3 is 1. The average molecular weight is 461 g/mol.